The molecule has 1 aliphatic rings. The van der Waals surface area contributed by atoms with Crippen LogP contribution in [0.3, 0.4) is 0 Å². The van der Waals surface area contributed by atoms with Gasteiger partial charge < -0.3 is 5.73 Å². The zero-order chi connectivity index (χ0) is 15.6. The van der Waals surface area contributed by atoms with Gasteiger partial charge in [-0.15, -0.1) is 0 Å². The highest BCUT2D eigenvalue weighted by molar-refractivity contribution is 7.89. The van der Waals surface area contributed by atoms with Crippen molar-refractivity contribution in [3.05, 3.63) is 29.6 Å². The maximum atomic E-state index is 14.1. The molecule has 0 atom stereocenters. The topological polar surface area (TPSA) is 63.4 Å². The summed E-state index contributed by atoms with van der Waals surface area (Å²) in [7, 11) is -3.77. The molecule has 0 aromatic heterocycles. The summed E-state index contributed by atoms with van der Waals surface area (Å²) in [5, 5.41) is 0. The molecule has 2 rings (SSSR count). The third-order valence-electron chi connectivity index (χ3n) is 3.70. The Balaban J connectivity index is 2.29. The van der Waals surface area contributed by atoms with Gasteiger partial charge in [0.15, 0.2) is 0 Å². The average Bonchev–Trinajstić information content (AvgIpc) is 3.22. The maximum Gasteiger partial charge on any atom is 0.246 e. The van der Waals surface area contributed by atoms with Gasteiger partial charge in [-0.3, -0.25) is 0 Å². The third-order valence-corrected chi connectivity index (χ3v) is 5.68. The molecule has 0 spiro atoms. The van der Waals surface area contributed by atoms with Crippen molar-refractivity contribution in [1.29, 1.82) is 0 Å². The minimum atomic E-state index is -3.77. The lowest BCUT2D eigenvalue weighted by atomic mass is 10.1. The summed E-state index contributed by atoms with van der Waals surface area (Å²) in [4.78, 5) is -0.240. The van der Waals surface area contributed by atoms with E-state index in [1.165, 1.54) is 16.4 Å². The Hall–Kier alpha value is -0.980. The van der Waals surface area contributed by atoms with Gasteiger partial charge in [0.25, 0.3) is 0 Å². The van der Waals surface area contributed by atoms with E-state index >= 15 is 0 Å². The lowest BCUT2D eigenvalue weighted by Gasteiger charge is -2.23. The molecule has 0 aliphatic heterocycles. The molecule has 1 fully saturated rings. The first-order valence-corrected chi connectivity index (χ1v) is 8.80. The van der Waals surface area contributed by atoms with Gasteiger partial charge in [0.1, 0.15) is 10.7 Å². The molecule has 1 aromatic carbocycles. The number of rotatable bonds is 7. The minimum absolute atomic E-state index is 0.0299. The van der Waals surface area contributed by atoms with Crippen molar-refractivity contribution in [3.8, 4) is 0 Å². The van der Waals surface area contributed by atoms with Crippen molar-refractivity contribution in [2.45, 2.75) is 50.6 Å². The van der Waals surface area contributed by atoms with E-state index in [1.54, 1.807) is 6.07 Å². The summed E-state index contributed by atoms with van der Waals surface area (Å²) in [5.74, 6) is -0.306. The van der Waals surface area contributed by atoms with Crippen molar-refractivity contribution in [2.75, 3.05) is 6.54 Å². The summed E-state index contributed by atoms with van der Waals surface area (Å²) >= 11 is 0. The molecular weight excluding hydrogens is 291 g/mol. The summed E-state index contributed by atoms with van der Waals surface area (Å²) in [6.07, 6.45) is 2.50. The average molecular weight is 314 g/mol. The van der Waals surface area contributed by atoms with E-state index in [1.807, 2.05) is 13.8 Å². The zero-order valence-corrected chi connectivity index (χ0v) is 13.4. The van der Waals surface area contributed by atoms with E-state index in [0.717, 1.165) is 19.3 Å². The molecule has 1 aromatic rings. The first kappa shape index (κ1) is 16.4. The second-order valence-electron chi connectivity index (χ2n) is 6.00. The molecule has 0 radical (unpaired) electrons. The fourth-order valence-electron chi connectivity index (χ4n) is 2.25. The Morgan fingerprint density at radius 3 is 2.52 bits per heavy atom. The highest BCUT2D eigenvalue weighted by Crippen LogP contribution is 2.33. The van der Waals surface area contributed by atoms with Crippen LogP contribution in [0.2, 0.25) is 0 Å². The van der Waals surface area contributed by atoms with Crippen LogP contribution in [-0.2, 0) is 16.6 Å². The van der Waals surface area contributed by atoms with Crippen molar-refractivity contribution in [2.24, 2.45) is 11.7 Å². The van der Waals surface area contributed by atoms with Crippen LogP contribution in [-0.4, -0.2) is 25.3 Å². The Morgan fingerprint density at radius 1 is 1.38 bits per heavy atom. The number of nitrogens with zero attached hydrogens (tertiary/aromatic N) is 1. The van der Waals surface area contributed by atoms with Gasteiger partial charge in [-0.05, 0) is 42.9 Å². The van der Waals surface area contributed by atoms with Gasteiger partial charge >= 0.3 is 0 Å². The van der Waals surface area contributed by atoms with E-state index in [9.17, 15) is 12.8 Å². The van der Waals surface area contributed by atoms with Gasteiger partial charge in [-0.25, -0.2) is 12.8 Å². The molecule has 4 nitrogen and oxygen atoms in total. The normalized spacial score (nSPS) is 15.9. The number of halogens is 1. The van der Waals surface area contributed by atoms with Gasteiger partial charge in [0.05, 0.1) is 0 Å². The predicted octanol–water partition coefficient (Wildman–Crippen LogP) is 2.48. The van der Waals surface area contributed by atoms with E-state index in [4.69, 9.17) is 5.73 Å². The van der Waals surface area contributed by atoms with Gasteiger partial charge in [-0.1, -0.05) is 19.9 Å². The van der Waals surface area contributed by atoms with E-state index in [-0.39, 0.29) is 17.5 Å². The Labute approximate surface area is 126 Å². The fraction of sp³-hybridized carbons (Fsp3) is 0.600. The molecular formula is C15H23FN2O2S. The molecule has 0 bridgehead atoms. The van der Waals surface area contributed by atoms with Crippen LogP contribution in [0.4, 0.5) is 4.39 Å². The molecule has 1 aliphatic carbocycles. The highest BCUT2D eigenvalue weighted by atomic mass is 32.2. The smallest absolute Gasteiger partial charge is 0.246 e. The van der Waals surface area contributed by atoms with Gasteiger partial charge in [-0.2, -0.15) is 4.31 Å². The molecule has 0 unspecified atom stereocenters. The Kier molecular flexibility index (Phi) is 5.01. The van der Waals surface area contributed by atoms with Crippen LogP contribution in [0.5, 0.6) is 0 Å². The second kappa shape index (κ2) is 6.42. The number of hydrogen-bond donors (Lipinski definition) is 1. The SMILES string of the molecule is CC(C)CCN(C1CC1)S(=O)(=O)c1ccc(CN)cc1F. The quantitative estimate of drug-likeness (QED) is 0.841. The first-order valence-electron chi connectivity index (χ1n) is 7.36. The third kappa shape index (κ3) is 3.81. The first-order chi connectivity index (χ1) is 9.86. The Morgan fingerprint density at radius 2 is 2.05 bits per heavy atom. The second-order valence-corrected chi connectivity index (χ2v) is 7.86. The monoisotopic (exact) mass is 314 g/mol. The summed E-state index contributed by atoms with van der Waals surface area (Å²) in [6.45, 7) is 4.74. The number of benzene rings is 1. The molecule has 6 heteroatoms. The molecule has 0 amide bonds. The van der Waals surface area contributed by atoms with Gasteiger partial charge in [0.2, 0.25) is 10.0 Å². The summed E-state index contributed by atoms with van der Waals surface area (Å²) in [5.41, 5.74) is 6.04. The van der Waals surface area contributed by atoms with Crippen LogP contribution in [0.15, 0.2) is 23.1 Å². The standard InChI is InChI=1S/C15H23FN2O2S/c1-11(2)7-8-18(13-4-5-13)21(19,20)15-6-3-12(10-17)9-14(15)16/h3,6,9,11,13H,4-5,7-8,10,17H2,1-2H3. The molecule has 2 N–H and O–H groups in total. The van der Waals surface area contributed by atoms with Crippen molar-refractivity contribution < 1.29 is 12.8 Å². The molecule has 1 saturated carbocycles. The van der Waals surface area contributed by atoms with E-state index in [2.05, 4.69) is 0 Å². The maximum absolute atomic E-state index is 14.1. The molecule has 21 heavy (non-hydrogen) atoms. The van der Waals surface area contributed by atoms with Crippen LogP contribution < -0.4 is 5.73 Å². The summed E-state index contributed by atoms with van der Waals surface area (Å²) < 4.78 is 41.0. The Bertz CT molecular complexity index is 598. The van der Waals surface area contributed by atoms with Gasteiger partial charge in [0, 0.05) is 19.1 Å². The largest absolute Gasteiger partial charge is 0.326 e. The van der Waals surface area contributed by atoms with Crippen LogP contribution in [0, 0.1) is 11.7 Å². The number of sulfonamides is 1. The molecule has 0 saturated heterocycles. The van der Waals surface area contributed by atoms with E-state index in [0.29, 0.717) is 18.0 Å². The van der Waals surface area contributed by atoms with Crippen LogP contribution >= 0.6 is 0 Å². The van der Waals surface area contributed by atoms with E-state index < -0.39 is 15.8 Å². The minimum Gasteiger partial charge on any atom is -0.326 e. The molecule has 0 heterocycles. The number of nitrogens with two attached hydrogens (primary N) is 1. The number of hydrogen-bond acceptors (Lipinski definition) is 3. The lowest BCUT2D eigenvalue weighted by molar-refractivity contribution is 0.371. The summed E-state index contributed by atoms with van der Waals surface area (Å²) in [6, 6.07) is 4.14. The van der Waals surface area contributed by atoms with Crippen LogP contribution in [0.1, 0.15) is 38.7 Å². The van der Waals surface area contributed by atoms with Crippen molar-refractivity contribution in [1.82, 2.24) is 4.31 Å². The lowest BCUT2D eigenvalue weighted by Crippen LogP contribution is -2.35. The van der Waals surface area contributed by atoms with Crippen LogP contribution in [0.25, 0.3) is 0 Å². The highest BCUT2D eigenvalue weighted by Gasteiger charge is 2.38. The van der Waals surface area contributed by atoms with Crippen molar-refractivity contribution >= 4 is 10.0 Å². The van der Waals surface area contributed by atoms with Crippen molar-refractivity contribution in [3.63, 3.8) is 0 Å². The molecule has 118 valence electrons. The predicted molar refractivity (Wildman–Crippen MR) is 80.7 cm³/mol. The fourth-order valence-corrected chi connectivity index (χ4v) is 4.00. The zero-order valence-electron chi connectivity index (χ0n) is 12.5.